The van der Waals surface area contributed by atoms with Gasteiger partial charge in [-0.25, -0.2) is 4.79 Å². The Morgan fingerprint density at radius 2 is 1.83 bits per heavy atom. The Morgan fingerprint density at radius 3 is 2.17 bits per heavy atom. The van der Waals surface area contributed by atoms with Crippen molar-refractivity contribution in [3.8, 4) is 0 Å². The lowest BCUT2D eigenvalue weighted by molar-refractivity contribution is -0.0779. The van der Waals surface area contributed by atoms with Crippen LogP contribution in [0.4, 0.5) is 4.79 Å². The molecule has 0 unspecified atom stereocenters. The van der Waals surface area contributed by atoms with Crippen LogP contribution in [0, 0.1) is 0 Å². The van der Waals surface area contributed by atoms with Gasteiger partial charge in [-0.1, -0.05) is 0 Å². The molecule has 0 radical (unpaired) electrons. The van der Waals surface area contributed by atoms with E-state index in [1.54, 1.807) is 4.90 Å². The van der Waals surface area contributed by atoms with Gasteiger partial charge in [0.05, 0.1) is 19.3 Å². The minimum absolute atomic E-state index is 0.153. The summed E-state index contributed by atoms with van der Waals surface area (Å²) in [7, 11) is 0. The summed E-state index contributed by atoms with van der Waals surface area (Å²) < 4.78 is 5.21. The Hall–Kier alpha value is -0.810. The van der Waals surface area contributed by atoms with Crippen molar-refractivity contribution in [3.05, 3.63) is 0 Å². The summed E-state index contributed by atoms with van der Waals surface area (Å²) in [5, 5.41) is 9.39. The summed E-state index contributed by atoms with van der Waals surface area (Å²) in [5.74, 6) is 0. The van der Waals surface area contributed by atoms with Gasteiger partial charge in [-0.2, -0.15) is 0 Å². The van der Waals surface area contributed by atoms with Crippen molar-refractivity contribution in [2.75, 3.05) is 26.3 Å². The predicted octanol–water partition coefficient (Wildman–Crippen LogP) is 1.63. The number of likely N-dealkylation sites (tertiary alicyclic amines) is 1. The van der Waals surface area contributed by atoms with Crippen LogP contribution in [0.2, 0.25) is 0 Å². The van der Waals surface area contributed by atoms with Crippen LogP contribution in [-0.4, -0.2) is 64.9 Å². The van der Waals surface area contributed by atoms with Crippen molar-refractivity contribution in [2.45, 2.75) is 51.2 Å². The minimum atomic E-state index is -0.798. The van der Waals surface area contributed by atoms with E-state index in [9.17, 15) is 9.90 Å². The van der Waals surface area contributed by atoms with Crippen LogP contribution in [0.1, 0.15) is 33.6 Å². The Bertz CT molecular complexity index is 302. The van der Waals surface area contributed by atoms with E-state index in [1.807, 2.05) is 20.8 Å². The van der Waals surface area contributed by atoms with Gasteiger partial charge >= 0.3 is 6.09 Å². The van der Waals surface area contributed by atoms with E-state index in [-0.39, 0.29) is 11.6 Å². The lowest BCUT2D eigenvalue weighted by atomic mass is 9.96. The van der Waals surface area contributed by atoms with Gasteiger partial charge in [0.25, 0.3) is 0 Å². The Kier molecular flexibility index (Phi) is 3.82. The molecule has 104 valence electrons. The maximum atomic E-state index is 11.4. The molecule has 2 heterocycles. The zero-order valence-corrected chi connectivity index (χ0v) is 11.6. The van der Waals surface area contributed by atoms with Gasteiger partial charge in [-0.15, -0.1) is 0 Å². The van der Waals surface area contributed by atoms with Crippen LogP contribution in [0.3, 0.4) is 0 Å². The number of rotatable bonds is 2. The fourth-order valence-corrected chi connectivity index (χ4v) is 2.93. The molecule has 1 N–H and O–H groups in total. The molecule has 5 nitrogen and oxygen atoms in total. The van der Waals surface area contributed by atoms with Crippen molar-refractivity contribution in [1.29, 1.82) is 0 Å². The SMILES string of the molecule is CC(C)(C)N(C(=O)O)C1CCN(C2COC2)CC1. The number of carboxylic acid groups (broad SMARTS) is 1. The summed E-state index contributed by atoms with van der Waals surface area (Å²) >= 11 is 0. The largest absolute Gasteiger partial charge is 0.465 e. The Labute approximate surface area is 109 Å². The first kappa shape index (κ1) is 13.6. The van der Waals surface area contributed by atoms with Crippen molar-refractivity contribution >= 4 is 6.09 Å². The molecule has 2 aliphatic rings. The second-order valence-electron chi connectivity index (χ2n) is 6.28. The van der Waals surface area contributed by atoms with Gasteiger partial charge < -0.3 is 14.7 Å². The zero-order chi connectivity index (χ0) is 13.3. The van der Waals surface area contributed by atoms with Crippen LogP contribution >= 0.6 is 0 Å². The van der Waals surface area contributed by atoms with Gasteiger partial charge in [0.2, 0.25) is 0 Å². The molecule has 18 heavy (non-hydrogen) atoms. The summed E-state index contributed by atoms with van der Waals surface area (Å²) in [5.41, 5.74) is -0.321. The predicted molar refractivity (Wildman–Crippen MR) is 68.8 cm³/mol. The molecule has 0 aromatic heterocycles. The summed E-state index contributed by atoms with van der Waals surface area (Å²) in [6.07, 6.45) is 1.06. The van der Waals surface area contributed by atoms with Crippen LogP contribution in [-0.2, 0) is 4.74 Å². The average Bonchev–Trinajstić information content (AvgIpc) is 2.15. The van der Waals surface area contributed by atoms with E-state index in [4.69, 9.17) is 4.74 Å². The third kappa shape index (κ3) is 2.78. The quantitative estimate of drug-likeness (QED) is 0.816. The van der Waals surface area contributed by atoms with E-state index in [1.165, 1.54) is 0 Å². The second kappa shape index (κ2) is 5.05. The minimum Gasteiger partial charge on any atom is -0.465 e. The number of piperidine rings is 1. The lowest BCUT2D eigenvalue weighted by Crippen LogP contribution is -2.58. The highest BCUT2D eigenvalue weighted by Gasteiger charge is 2.37. The average molecular weight is 256 g/mol. The second-order valence-corrected chi connectivity index (χ2v) is 6.28. The van der Waals surface area contributed by atoms with Crippen LogP contribution in [0.15, 0.2) is 0 Å². The molecule has 0 aromatic rings. The number of hydrogen-bond acceptors (Lipinski definition) is 3. The van der Waals surface area contributed by atoms with Gasteiger partial charge in [0.15, 0.2) is 0 Å². The van der Waals surface area contributed by atoms with E-state index < -0.39 is 6.09 Å². The number of amides is 1. The van der Waals surface area contributed by atoms with Gasteiger partial charge in [0.1, 0.15) is 0 Å². The van der Waals surface area contributed by atoms with E-state index in [0.717, 1.165) is 39.1 Å². The molecule has 0 aliphatic carbocycles. The van der Waals surface area contributed by atoms with E-state index >= 15 is 0 Å². The van der Waals surface area contributed by atoms with Crippen LogP contribution < -0.4 is 0 Å². The highest BCUT2D eigenvalue weighted by atomic mass is 16.5. The number of nitrogens with zero attached hydrogens (tertiary/aromatic N) is 2. The molecule has 2 saturated heterocycles. The first-order chi connectivity index (χ1) is 8.39. The van der Waals surface area contributed by atoms with Crippen LogP contribution in [0.25, 0.3) is 0 Å². The van der Waals surface area contributed by atoms with E-state index in [0.29, 0.717) is 6.04 Å². The molecule has 0 spiro atoms. The fourth-order valence-electron chi connectivity index (χ4n) is 2.93. The zero-order valence-electron chi connectivity index (χ0n) is 11.6. The Balaban J connectivity index is 1.92. The molecule has 2 aliphatic heterocycles. The molecule has 0 atom stereocenters. The molecule has 1 amide bonds. The standard InChI is InChI=1S/C13H24N2O3/c1-13(2,3)15(12(16)17)10-4-6-14(7-5-10)11-8-18-9-11/h10-11H,4-9H2,1-3H3,(H,16,17). The molecule has 0 saturated carbocycles. The first-order valence-electron chi connectivity index (χ1n) is 6.73. The monoisotopic (exact) mass is 256 g/mol. The molecule has 0 bridgehead atoms. The van der Waals surface area contributed by atoms with E-state index in [2.05, 4.69) is 4.90 Å². The number of ether oxygens (including phenoxy) is 1. The highest BCUT2D eigenvalue weighted by Crippen LogP contribution is 2.26. The maximum absolute atomic E-state index is 11.4. The summed E-state index contributed by atoms with van der Waals surface area (Å²) in [6.45, 7) is 9.55. The first-order valence-corrected chi connectivity index (χ1v) is 6.73. The van der Waals surface area contributed by atoms with Gasteiger partial charge in [-0.3, -0.25) is 4.90 Å². The van der Waals surface area contributed by atoms with Crippen molar-refractivity contribution < 1.29 is 14.6 Å². The number of hydrogen-bond donors (Lipinski definition) is 1. The lowest BCUT2D eigenvalue weighted by Gasteiger charge is -2.46. The molecular weight excluding hydrogens is 232 g/mol. The summed E-state index contributed by atoms with van der Waals surface area (Å²) in [6, 6.07) is 0.721. The maximum Gasteiger partial charge on any atom is 0.407 e. The molecule has 5 heteroatoms. The van der Waals surface area contributed by atoms with Crippen molar-refractivity contribution in [2.24, 2.45) is 0 Å². The Morgan fingerprint density at radius 1 is 1.28 bits per heavy atom. The third-order valence-corrected chi connectivity index (χ3v) is 3.93. The highest BCUT2D eigenvalue weighted by molar-refractivity contribution is 5.66. The molecule has 2 fully saturated rings. The van der Waals surface area contributed by atoms with Crippen LogP contribution in [0.5, 0.6) is 0 Å². The smallest absolute Gasteiger partial charge is 0.407 e. The van der Waals surface area contributed by atoms with Gasteiger partial charge in [-0.05, 0) is 33.6 Å². The molecule has 0 aromatic carbocycles. The third-order valence-electron chi connectivity index (χ3n) is 3.93. The van der Waals surface area contributed by atoms with Gasteiger partial charge in [0, 0.05) is 24.7 Å². The fraction of sp³-hybridized carbons (Fsp3) is 0.923. The molecule has 2 rings (SSSR count). The normalized spacial score (nSPS) is 23.7. The van der Waals surface area contributed by atoms with Crippen molar-refractivity contribution in [1.82, 2.24) is 9.80 Å². The topological polar surface area (TPSA) is 53.0 Å². The number of carbonyl (C=O) groups is 1. The molecular formula is C13H24N2O3. The van der Waals surface area contributed by atoms with Crippen molar-refractivity contribution in [3.63, 3.8) is 0 Å². The summed E-state index contributed by atoms with van der Waals surface area (Å²) in [4.78, 5) is 15.5.